The van der Waals surface area contributed by atoms with Crippen molar-refractivity contribution in [2.24, 2.45) is 0 Å². The smallest absolute Gasteiger partial charge is 0.359 e. The minimum absolute atomic E-state index is 0.0651. The molecule has 0 saturated carbocycles. The van der Waals surface area contributed by atoms with Crippen LogP contribution < -0.4 is 4.74 Å². The molecule has 0 radical (unpaired) electrons. The summed E-state index contributed by atoms with van der Waals surface area (Å²) in [7, 11) is -0.241. The summed E-state index contributed by atoms with van der Waals surface area (Å²) in [6.45, 7) is 0. The zero-order valence-electron chi connectivity index (χ0n) is 10.3. The molecule has 1 aliphatic heterocycles. The fourth-order valence-electron chi connectivity index (χ4n) is 1.66. The number of esters is 1. The number of nitrogens with zero attached hydrogens (tertiary/aromatic N) is 1. The second kappa shape index (κ2) is 4.42. The van der Waals surface area contributed by atoms with E-state index < -0.39 is 27.4 Å². The lowest BCUT2D eigenvalue weighted by Crippen LogP contribution is -2.34. The predicted octanol–water partition coefficient (Wildman–Crippen LogP) is 0.790. The molecule has 0 bridgehead atoms. The SMILES string of the molecule is COC(=O)C1=C(O)c2sc(OC)cc2S(=O)(=O)N1C. The molecular formula is C10H11NO6S2. The van der Waals surface area contributed by atoms with Crippen molar-refractivity contribution >= 4 is 33.1 Å². The van der Waals surface area contributed by atoms with E-state index in [1.165, 1.54) is 20.2 Å². The summed E-state index contributed by atoms with van der Waals surface area (Å²) in [5.41, 5.74) is -0.417. The van der Waals surface area contributed by atoms with E-state index in [0.29, 0.717) is 9.37 Å². The molecule has 19 heavy (non-hydrogen) atoms. The normalized spacial score (nSPS) is 17.1. The van der Waals surface area contributed by atoms with Gasteiger partial charge >= 0.3 is 5.97 Å². The van der Waals surface area contributed by atoms with Crippen LogP contribution in [0.3, 0.4) is 0 Å². The molecule has 7 nitrogen and oxygen atoms in total. The number of fused-ring (bicyclic) bond motifs is 1. The second-order valence-electron chi connectivity index (χ2n) is 3.62. The number of hydrogen-bond acceptors (Lipinski definition) is 7. The summed E-state index contributed by atoms with van der Waals surface area (Å²) >= 11 is 0.936. The summed E-state index contributed by atoms with van der Waals surface area (Å²) in [5, 5.41) is 10.4. The molecule has 0 spiro atoms. The summed E-state index contributed by atoms with van der Waals surface area (Å²) in [6, 6.07) is 1.30. The van der Waals surface area contributed by atoms with Gasteiger partial charge in [0.2, 0.25) is 0 Å². The zero-order valence-corrected chi connectivity index (χ0v) is 12.0. The standard InChI is InChI=1S/C10H11NO6S2/c1-11-7(10(13)17-3)8(12)9-5(19(11,14)15)4-6(16-2)18-9/h4,12H,1-3H3. The topological polar surface area (TPSA) is 93.1 Å². The Hall–Kier alpha value is -1.74. The van der Waals surface area contributed by atoms with Crippen LogP contribution in [0.4, 0.5) is 0 Å². The van der Waals surface area contributed by atoms with Crippen molar-refractivity contribution in [3.8, 4) is 5.06 Å². The highest BCUT2D eigenvalue weighted by Crippen LogP contribution is 2.42. The van der Waals surface area contributed by atoms with Crippen molar-refractivity contribution in [3.63, 3.8) is 0 Å². The predicted molar refractivity (Wildman–Crippen MR) is 67.4 cm³/mol. The van der Waals surface area contributed by atoms with Gasteiger partial charge in [-0.15, -0.1) is 0 Å². The van der Waals surface area contributed by atoms with Crippen molar-refractivity contribution < 1.29 is 27.8 Å². The molecule has 0 unspecified atom stereocenters. The number of sulfonamides is 1. The van der Waals surface area contributed by atoms with Gasteiger partial charge in [-0.25, -0.2) is 13.2 Å². The van der Waals surface area contributed by atoms with Gasteiger partial charge in [0.25, 0.3) is 10.0 Å². The van der Waals surface area contributed by atoms with Crippen molar-refractivity contribution in [2.75, 3.05) is 21.3 Å². The minimum Gasteiger partial charge on any atom is -0.504 e. The number of likely N-dealkylation sites (N-methyl/N-ethyl adjacent to an activating group) is 1. The number of thiophene rings is 1. The van der Waals surface area contributed by atoms with Crippen LogP contribution in [0.15, 0.2) is 16.7 Å². The molecule has 1 aromatic rings. The second-order valence-corrected chi connectivity index (χ2v) is 6.58. The summed E-state index contributed by atoms with van der Waals surface area (Å²) in [5.74, 6) is -1.37. The van der Waals surface area contributed by atoms with Crippen LogP contribution in [-0.4, -0.2) is 45.1 Å². The molecule has 0 aromatic carbocycles. The molecule has 1 aliphatic rings. The van der Waals surface area contributed by atoms with Gasteiger partial charge in [0, 0.05) is 13.1 Å². The lowest BCUT2D eigenvalue weighted by Gasteiger charge is -2.25. The first-order chi connectivity index (χ1) is 8.84. The van der Waals surface area contributed by atoms with Crippen LogP contribution in [0, 0.1) is 0 Å². The molecule has 2 rings (SSSR count). The molecular weight excluding hydrogens is 294 g/mol. The summed E-state index contributed by atoms with van der Waals surface area (Å²) in [6.07, 6.45) is 0. The number of rotatable bonds is 2. The molecule has 9 heteroatoms. The minimum atomic E-state index is -3.90. The van der Waals surface area contributed by atoms with Gasteiger partial charge in [-0.2, -0.15) is 0 Å². The Balaban J connectivity index is 2.77. The maximum Gasteiger partial charge on any atom is 0.359 e. The van der Waals surface area contributed by atoms with Crippen molar-refractivity contribution in [3.05, 3.63) is 16.6 Å². The Morgan fingerprint density at radius 3 is 2.58 bits per heavy atom. The third-order valence-corrected chi connectivity index (χ3v) is 5.66. The fourth-order valence-corrected chi connectivity index (χ4v) is 4.27. The molecule has 0 atom stereocenters. The maximum atomic E-state index is 12.2. The lowest BCUT2D eigenvalue weighted by atomic mass is 10.3. The highest BCUT2D eigenvalue weighted by atomic mass is 32.2. The molecule has 2 heterocycles. The van der Waals surface area contributed by atoms with Gasteiger partial charge in [-0.1, -0.05) is 11.3 Å². The first-order valence-corrected chi connectivity index (χ1v) is 7.29. The first-order valence-electron chi connectivity index (χ1n) is 5.03. The Bertz CT molecular complexity index is 672. The van der Waals surface area contributed by atoms with Gasteiger partial charge in [-0.3, -0.25) is 4.31 Å². The molecule has 104 valence electrons. The molecule has 0 fully saturated rings. The van der Waals surface area contributed by atoms with Crippen LogP contribution in [0.2, 0.25) is 0 Å². The third-order valence-electron chi connectivity index (χ3n) is 2.65. The Kier molecular flexibility index (Phi) is 3.19. The highest BCUT2D eigenvalue weighted by molar-refractivity contribution is 7.89. The van der Waals surface area contributed by atoms with Gasteiger partial charge in [-0.05, 0) is 0 Å². The van der Waals surface area contributed by atoms with E-state index in [4.69, 9.17) is 4.74 Å². The Morgan fingerprint density at radius 2 is 2.05 bits per heavy atom. The number of hydrogen-bond donors (Lipinski definition) is 1. The van der Waals surface area contributed by atoms with E-state index in [0.717, 1.165) is 18.4 Å². The van der Waals surface area contributed by atoms with E-state index in [-0.39, 0.29) is 9.77 Å². The van der Waals surface area contributed by atoms with E-state index in [1.54, 1.807) is 0 Å². The number of ether oxygens (including phenoxy) is 2. The third kappa shape index (κ3) is 1.85. The quantitative estimate of drug-likeness (QED) is 0.812. The number of aliphatic hydroxyl groups is 1. The largest absolute Gasteiger partial charge is 0.504 e. The zero-order chi connectivity index (χ0) is 14.4. The summed E-state index contributed by atoms with van der Waals surface area (Å²) in [4.78, 5) is 11.6. The molecule has 0 amide bonds. The van der Waals surface area contributed by atoms with Gasteiger partial charge in [0.05, 0.1) is 19.1 Å². The van der Waals surface area contributed by atoms with E-state index in [2.05, 4.69) is 4.74 Å². The van der Waals surface area contributed by atoms with Crippen molar-refractivity contribution in [1.29, 1.82) is 0 Å². The number of aliphatic hydroxyl groups excluding tert-OH is 1. The first kappa shape index (κ1) is 13.7. The van der Waals surface area contributed by atoms with Gasteiger partial charge < -0.3 is 14.6 Å². The van der Waals surface area contributed by atoms with Gasteiger partial charge in [0.1, 0.15) is 4.90 Å². The van der Waals surface area contributed by atoms with Crippen LogP contribution >= 0.6 is 11.3 Å². The van der Waals surface area contributed by atoms with Gasteiger partial charge in [0.15, 0.2) is 16.5 Å². The van der Waals surface area contributed by atoms with Crippen molar-refractivity contribution in [2.45, 2.75) is 4.90 Å². The average Bonchev–Trinajstić information content (AvgIpc) is 2.82. The highest BCUT2D eigenvalue weighted by Gasteiger charge is 2.40. The van der Waals surface area contributed by atoms with E-state index in [9.17, 15) is 18.3 Å². The molecule has 1 N–H and O–H groups in total. The Labute approximate surface area is 113 Å². The Morgan fingerprint density at radius 1 is 1.42 bits per heavy atom. The molecule has 0 saturated heterocycles. The molecule has 0 aliphatic carbocycles. The number of methoxy groups -OCH3 is 2. The average molecular weight is 305 g/mol. The van der Waals surface area contributed by atoms with Crippen LogP contribution in [0.25, 0.3) is 5.76 Å². The fraction of sp³-hybridized carbons (Fsp3) is 0.300. The molecule has 1 aromatic heterocycles. The van der Waals surface area contributed by atoms with Crippen LogP contribution in [0.5, 0.6) is 5.06 Å². The summed E-state index contributed by atoms with van der Waals surface area (Å²) < 4.78 is 34.6. The number of carbonyl (C=O) groups is 1. The van der Waals surface area contributed by atoms with E-state index in [1.807, 2.05) is 0 Å². The van der Waals surface area contributed by atoms with Crippen LogP contribution in [0.1, 0.15) is 4.88 Å². The number of carbonyl (C=O) groups excluding carboxylic acids is 1. The van der Waals surface area contributed by atoms with Crippen molar-refractivity contribution in [1.82, 2.24) is 4.31 Å². The van der Waals surface area contributed by atoms with Crippen LogP contribution in [-0.2, 0) is 19.6 Å². The van der Waals surface area contributed by atoms with E-state index >= 15 is 0 Å². The lowest BCUT2D eigenvalue weighted by molar-refractivity contribution is -0.137. The monoisotopic (exact) mass is 305 g/mol. The maximum absolute atomic E-state index is 12.2.